The molecule has 2 rings (SSSR count). The van der Waals surface area contributed by atoms with Crippen LogP contribution in [0.15, 0.2) is 53.4 Å². The molecule has 0 saturated heterocycles. The maximum Gasteiger partial charge on any atom is 0.338 e. The van der Waals surface area contributed by atoms with Crippen LogP contribution in [-0.2, 0) is 21.4 Å². The van der Waals surface area contributed by atoms with Crippen molar-refractivity contribution in [3.8, 4) is 0 Å². The van der Waals surface area contributed by atoms with Crippen molar-refractivity contribution in [3.63, 3.8) is 0 Å². The summed E-state index contributed by atoms with van der Waals surface area (Å²) in [5.41, 5.74) is 0.573. The van der Waals surface area contributed by atoms with Gasteiger partial charge >= 0.3 is 5.97 Å². The van der Waals surface area contributed by atoms with Gasteiger partial charge in [0.05, 0.1) is 15.4 Å². The summed E-state index contributed by atoms with van der Waals surface area (Å²) in [6.45, 7) is -0.127. The topological polar surface area (TPSA) is 107 Å². The number of nitro groups is 1. The quantitative estimate of drug-likeness (QED) is 0.442. The van der Waals surface area contributed by atoms with Gasteiger partial charge in [0.15, 0.2) is 0 Å². The molecule has 0 aliphatic heterocycles. The van der Waals surface area contributed by atoms with E-state index in [1.165, 1.54) is 56.6 Å². The summed E-state index contributed by atoms with van der Waals surface area (Å²) in [5.74, 6) is -0.652. The molecule has 0 N–H and O–H groups in total. The summed E-state index contributed by atoms with van der Waals surface area (Å²) < 4.78 is 30.1. The fourth-order valence-electron chi connectivity index (χ4n) is 1.97. The molecule has 0 saturated carbocycles. The van der Waals surface area contributed by atoms with Gasteiger partial charge in [-0.2, -0.15) is 0 Å². The minimum atomic E-state index is -3.57. The van der Waals surface area contributed by atoms with Crippen LogP contribution in [0.25, 0.3) is 0 Å². The van der Waals surface area contributed by atoms with E-state index >= 15 is 0 Å². The van der Waals surface area contributed by atoms with Crippen molar-refractivity contribution in [2.24, 2.45) is 0 Å². The Morgan fingerprint density at radius 1 is 1.16 bits per heavy atom. The second-order valence-corrected chi connectivity index (χ2v) is 7.47. The second kappa shape index (κ2) is 7.41. The first-order chi connectivity index (χ1) is 11.7. The molecule has 0 fully saturated rings. The molecule has 0 aliphatic rings. The van der Waals surface area contributed by atoms with Gasteiger partial charge in [0.1, 0.15) is 6.61 Å². The van der Waals surface area contributed by atoms with Gasteiger partial charge in [-0.25, -0.2) is 17.5 Å². The molecule has 25 heavy (non-hydrogen) atoms. The molecule has 0 unspecified atom stereocenters. The largest absolute Gasteiger partial charge is 0.457 e. The Kier molecular flexibility index (Phi) is 5.50. The fraction of sp³-hybridized carbons (Fsp3) is 0.188. The number of ether oxygens (including phenoxy) is 1. The molecular formula is C16H16N2O6S. The number of nitro benzene ring substituents is 1. The minimum Gasteiger partial charge on any atom is -0.457 e. The fourth-order valence-corrected chi connectivity index (χ4v) is 2.87. The van der Waals surface area contributed by atoms with E-state index in [0.717, 1.165) is 4.31 Å². The Labute approximate surface area is 144 Å². The van der Waals surface area contributed by atoms with Crippen molar-refractivity contribution in [3.05, 3.63) is 69.8 Å². The Bertz CT molecular complexity index is 891. The number of non-ortho nitro benzene ring substituents is 1. The molecule has 0 bridgehead atoms. The number of nitrogens with zero attached hydrogens (tertiary/aromatic N) is 2. The minimum absolute atomic E-state index is 0.0627. The smallest absolute Gasteiger partial charge is 0.338 e. The average molecular weight is 364 g/mol. The molecule has 9 heteroatoms. The lowest BCUT2D eigenvalue weighted by atomic mass is 10.2. The van der Waals surface area contributed by atoms with Gasteiger partial charge < -0.3 is 4.74 Å². The highest BCUT2D eigenvalue weighted by molar-refractivity contribution is 7.89. The molecular weight excluding hydrogens is 348 g/mol. The number of rotatable bonds is 6. The molecule has 0 heterocycles. The summed E-state index contributed by atoms with van der Waals surface area (Å²) in [5, 5.41) is 10.7. The zero-order chi connectivity index (χ0) is 18.6. The Balaban J connectivity index is 2.07. The SMILES string of the molecule is CN(C)S(=O)(=O)c1ccc(C(=O)OCc2cccc([N+](=O)[O-])c2)cc1. The molecule has 132 valence electrons. The number of hydrogen-bond donors (Lipinski definition) is 0. The van der Waals surface area contributed by atoms with Gasteiger partial charge in [-0.1, -0.05) is 12.1 Å². The van der Waals surface area contributed by atoms with Gasteiger partial charge in [-0.05, 0) is 29.8 Å². The van der Waals surface area contributed by atoms with Gasteiger partial charge in [-0.15, -0.1) is 0 Å². The number of hydrogen-bond acceptors (Lipinski definition) is 6. The van der Waals surface area contributed by atoms with Gasteiger partial charge in [-0.3, -0.25) is 10.1 Å². The van der Waals surface area contributed by atoms with Crippen LogP contribution in [0.3, 0.4) is 0 Å². The van der Waals surface area contributed by atoms with Crippen LogP contribution < -0.4 is 0 Å². The predicted molar refractivity (Wildman–Crippen MR) is 89.5 cm³/mol. The molecule has 8 nitrogen and oxygen atoms in total. The first-order valence-corrected chi connectivity index (χ1v) is 8.59. The van der Waals surface area contributed by atoms with E-state index in [1.54, 1.807) is 6.07 Å². The lowest BCUT2D eigenvalue weighted by Gasteiger charge is -2.11. The third kappa shape index (κ3) is 4.40. The van der Waals surface area contributed by atoms with Gasteiger partial charge in [0.2, 0.25) is 10.0 Å². The van der Waals surface area contributed by atoms with E-state index in [4.69, 9.17) is 4.74 Å². The zero-order valence-corrected chi connectivity index (χ0v) is 14.4. The van der Waals surface area contributed by atoms with Crippen LogP contribution >= 0.6 is 0 Å². The first kappa shape index (κ1) is 18.6. The van der Waals surface area contributed by atoms with Crippen LogP contribution in [0, 0.1) is 10.1 Å². The van der Waals surface area contributed by atoms with Crippen LogP contribution in [-0.4, -0.2) is 37.7 Å². The van der Waals surface area contributed by atoms with Crippen LogP contribution in [0.1, 0.15) is 15.9 Å². The third-order valence-corrected chi connectivity index (χ3v) is 5.19. The van der Waals surface area contributed by atoms with Crippen molar-refractivity contribution < 1.29 is 22.9 Å². The van der Waals surface area contributed by atoms with Crippen molar-refractivity contribution in [1.82, 2.24) is 4.31 Å². The van der Waals surface area contributed by atoms with E-state index in [1.807, 2.05) is 0 Å². The zero-order valence-electron chi connectivity index (χ0n) is 13.6. The van der Waals surface area contributed by atoms with E-state index in [0.29, 0.717) is 5.56 Å². The highest BCUT2D eigenvalue weighted by Crippen LogP contribution is 2.16. The number of esters is 1. The molecule has 0 aromatic heterocycles. The monoisotopic (exact) mass is 364 g/mol. The molecule has 0 spiro atoms. The summed E-state index contributed by atoms with van der Waals surface area (Å²) in [7, 11) is -0.744. The molecule has 2 aromatic carbocycles. The van der Waals surface area contributed by atoms with E-state index < -0.39 is 20.9 Å². The van der Waals surface area contributed by atoms with Gasteiger partial charge in [0, 0.05) is 26.2 Å². The van der Waals surface area contributed by atoms with Gasteiger partial charge in [0.25, 0.3) is 5.69 Å². The number of benzene rings is 2. The lowest BCUT2D eigenvalue weighted by Crippen LogP contribution is -2.22. The van der Waals surface area contributed by atoms with Crippen LogP contribution in [0.4, 0.5) is 5.69 Å². The summed E-state index contributed by atoms with van der Waals surface area (Å²) in [4.78, 5) is 22.3. The Morgan fingerprint density at radius 3 is 2.36 bits per heavy atom. The maximum absolute atomic E-state index is 12.0. The molecule has 2 aromatic rings. The maximum atomic E-state index is 12.0. The lowest BCUT2D eigenvalue weighted by molar-refractivity contribution is -0.384. The number of carbonyl (C=O) groups excluding carboxylic acids is 1. The normalized spacial score (nSPS) is 11.3. The average Bonchev–Trinajstić information content (AvgIpc) is 2.59. The third-order valence-electron chi connectivity index (χ3n) is 3.36. The summed E-state index contributed by atoms with van der Waals surface area (Å²) in [6, 6.07) is 11.1. The van der Waals surface area contributed by atoms with E-state index in [-0.39, 0.29) is 22.8 Å². The van der Waals surface area contributed by atoms with Crippen LogP contribution in [0.5, 0.6) is 0 Å². The Morgan fingerprint density at radius 2 is 1.80 bits per heavy atom. The molecule has 0 amide bonds. The van der Waals surface area contributed by atoms with Crippen LogP contribution in [0.2, 0.25) is 0 Å². The van der Waals surface area contributed by atoms with Crippen molar-refractivity contribution >= 4 is 21.7 Å². The standard InChI is InChI=1S/C16H16N2O6S/c1-17(2)25(22,23)15-8-6-13(7-9-15)16(19)24-11-12-4-3-5-14(10-12)18(20)21/h3-10H,11H2,1-2H3. The summed E-state index contributed by atoms with van der Waals surface area (Å²) in [6.07, 6.45) is 0. The number of sulfonamides is 1. The second-order valence-electron chi connectivity index (χ2n) is 5.31. The van der Waals surface area contributed by atoms with E-state index in [9.17, 15) is 23.3 Å². The first-order valence-electron chi connectivity index (χ1n) is 7.15. The summed E-state index contributed by atoms with van der Waals surface area (Å²) >= 11 is 0. The molecule has 0 radical (unpaired) electrons. The Hall–Kier alpha value is -2.78. The number of carbonyl (C=O) groups is 1. The predicted octanol–water partition coefficient (Wildman–Crippen LogP) is 2.20. The van der Waals surface area contributed by atoms with Crippen molar-refractivity contribution in [1.29, 1.82) is 0 Å². The molecule has 0 aliphatic carbocycles. The highest BCUT2D eigenvalue weighted by Gasteiger charge is 2.18. The highest BCUT2D eigenvalue weighted by atomic mass is 32.2. The molecule has 0 atom stereocenters. The van der Waals surface area contributed by atoms with Crippen molar-refractivity contribution in [2.45, 2.75) is 11.5 Å². The van der Waals surface area contributed by atoms with Crippen molar-refractivity contribution in [2.75, 3.05) is 14.1 Å². The van der Waals surface area contributed by atoms with E-state index in [2.05, 4.69) is 0 Å².